The first kappa shape index (κ1) is 14.8. The minimum atomic E-state index is 0.583. The standard InChI is InChI=1S/C15H27N3S/c1-5-12(3)16-9-14-13(4)17-15(19-14)18-8-6-7-11(2)10-18/h11-12,16H,5-10H2,1-4H3. The van der Waals surface area contributed by atoms with E-state index in [9.17, 15) is 0 Å². The van der Waals surface area contributed by atoms with Crippen molar-refractivity contribution in [3.63, 3.8) is 0 Å². The van der Waals surface area contributed by atoms with Gasteiger partial charge in [-0.15, -0.1) is 11.3 Å². The van der Waals surface area contributed by atoms with Gasteiger partial charge in [-0.3, -0.25) is 0 Å². The fourth-order valence-corrected chi connectivity index (χ4v) is 3.53. The molecule has 1 aliphatic heterocycles. The number of hydrogen-bond donors (Lipinski definition) is 1. The molecule has 2 rings (SSSR count). The largest absolute Gasteiger partial charge is 0.348 e. The van der Waals surface area contributed by atoms with Crippen molar-refractivity contribution in [2.24, 2.45) is 5.92 Å². The van der Waals surface area contributed by atoms with Gasteiger partial charge in [-0.05, 0) is 39.0 Å². The average Bonchev–Trinajstić information content (AvgIpc) is 2.77. The molecule has 1 saturated heterocycles. The van der Waals surface area contributed by atoms with Crippen LogP contribution < -0.4 is 10.2 Å². The van der Waals surface area contributed by atoms with Gasteiger partial charge in [0.2, 0.25) is 0 Å². The Morgan fingerprint density at radius 3 is 3.00 bits per heavy atom. The Bertz CT molecular complexity index is 402. The molecule has 1 aromatic heterocycles. The number of aromatic nitrogens is 1. The summed E-state index contributed by atoms with van der Waals surface area (Å²) in [5.74, 6) is 0.805. The van der Waals surface area contributed by atoms with Gasteiger partial charge in [0.1, 0.15) is 0 Å². The Morgan fingerprint density at radius 2 is 2.32 bits per heavy atom. The van der Waals surface area contributed by atoms with Crippen molar-refractivity contribution >= 4 is 16.5 Å². The van der Waals surface area contributed by atoms with E-state index in [1.54, 1.807) is 0 Å². The first-order chi connectivity index (χ1) is 9.10. The maximum atomic E-state index is 4.78. The lowest BCUT2D eigenvalue weighted by Gasteiger charge is -2.30. The predicted octanol–water partition coefficient (Wildman–Crippen LogP) is 3.58. The van der Waals surface area contributed by atoms with Crippen molar-refractivity contribution in [2.45, 2.75) is 59.5 Å². The van der Waals surface area contributed by atoms with E-state index >= 15 is 0 Å². The van der Waals surface area contributed by atoms with Gasteiger partial charge in [0, 0.05) is 30.6 Å². The summed E-state index contributed by atoms with van der Waals surface area (Å²) in [6.07, 6.45) is 3.85. The number of rotatable bonds is 5. The molecule has 0 saturated carbocycles. The number of aryl methyl sites for hydroxylation is 1. The van der Waals surface area contributed by atoms with Crippen LogP contribution in [0.2, 0.25) is 0 Å². The molecule has 1 aromatic rings. The molecule has 3 nitrogen and oxygen atoms in total. The molecule has 19 heavy (non-hydrogen) atoms. The molecular formula is C15H27N3S. The van der Waals surface area contributed by atoms with Crippen molar-refractivity contribution in [3.05, 3.63) is 10.6 Å². The minimum Gasteiger partial charge on any atom is -0.348 e. The van der Waals surface area contributed by atoms with E-state index in [2.05, 4.69) is 37.9 Å². The minimum absolute atomic E-state index is 0.583. The second-order valence-electron chi connectivity index (χ2n) is 5.89. The van der Waals surface area contributed by atoms with Crippen LogP contribution in [0.4, 0.5) is 5.13 Å². The molecule has 0 spiro atoms. The first-order valence-electron chi connectivity index (χ1n) is 7.54. The third kappa shape index (κ3) is 3.93. The van der Waals surface area contributed by atoms with E-state index in [4.69, 9.17) is 4.98 Å². The summed E-state index contributed by atoms with van der Waals surface area (Å²) in [7, 11) is 0. The number of nitrogens with one attached hydrogen (secondary N) is 1. The SMILES string of the molecule is CCC(C)NCc1sc(N2CCCC(C)C2)nc1C. The smallest absolute Gasteiger partial charge is 0.185 e. The number of nitrogens with zero attached hydrogens (tertiary/aromatic N) is 2. The molecule has 2 atom stereocenters. The Labute approximate surface area is 121 Å². The molecule has 1 aliphatic rings. The molecular weight excluding hydrogens is 254 g/mol. The van der Waals surface area contributed by atoms with Crippen LogP contribution in [0.5, 0.6) is 0 Å². The third-order valence-electron chi connectivity index (χ3n) is 4.03. The third-order valence-corrected chi connectivity index (χ3v) is 5.25. The maximum Gasteiger partial charge on any atom is 0.185 e. The Kier molecular flexibility index (Phi) is 5.22. The van der Waals surface area contributed by atoms with Crippen LogP contribution in [0.3, 0.4) is 0 Å². The molecule has 0 bridgehead atoms. The lowest BCUT2D eigenvalue weighted by molar-refractivity contribution is 0.446. The summed E-state index contributed by atoms with van der Waals surface area (Å²) in [5.41, 5.74) is 1.20. The Morgan fingerprint density at radius 1 is 1.53 bits per heavy atom. The van der Waals surface area contributed by atoms with E-state index in [-0.39, 0.29) is 0 Å². The summed E-state index contributed by atoms with van der Waals surface area (Å²) in [6.45, 7) is 12.3. The van der Waals surface area contributed by atoms with Crippen LogP contribution in [-0.4, -0.2) is 24.1 Å². The normalized spacial score (nSPS) is 21.7. The van der Waals surface area contributed by atoms with Crippen molar-refractivity contribution in [2.75, 3.05) is 18.0 Å². The first-order valence-corrected chi connectivity index (χ1v) is 8.36. The van der Waals surface area contributed by atoms with Crippen molar-refractivity contribution in [3.8, 4) is 0 Å². The van der Waals surface area contributed by atoms with E-state index in [0.717, 1.165) is 12.5 Å². The molecule has 1 N–H and O–H groups in total. The van der Waals surface area contributed by atoms with Gasteiger partial charge >= 0.3 is 0 Å². The quantitative estimate of drug-likeness (QED) is 0.894. The molecule has 2 heterocycles. The second-order valence-corrected chi connectivity index (χ2v) is 6.95. The van der Waals surface area contributed by atoms with E-state index < -0.39 is 0 Å². The summed E-state index contributed by atoms with van der Waals surface area (Å²) < 4.78 is 0. The highest BCUT2D eigenvalue weighted by Gasteiger charge is 2.20. The Balaban J connectivity index is 1.99. The molecule has 2 unspecified atom stereocenters. The zero-order valence-corrected chi connectivity index (χ0v) is 13.5. The van der Waals surface area contributed by atoms with Crippen LogP contribution in [0.1, 0.15) is 50.6 Å². The van der Waals surface area contributed by atoms with Gasteiger partial charge in [-0.2, -0.15) is 0 Å². The maximum absolute atomic E-state index is 4.78. The van der Waals surface area contributed by atoms with Crippen LogP contribution in [-0.2, 0) is 6.54 Å². The van der Waals surface area contributed by atoms with Gasteiger partial charge in [0.05, 0.1) is 5.69 Å². The van der Waals surface area contributed by atoms with E-state index in [1.165, 1.54) is 48.1 Å². The zero-order valence-electron chi connectivity index (χ0n) is 12.7. The van der Waals surface area contributed by atoms with E-state index in [1.807, 2.05) is 11.3 Å². The number of thiazole rings is 1. The molecule has 0 aliphatic carbocycles. The van der Waals surface area contributed by atoms with E-state index in [0.29, 0.717) is 6.04 Å². The fourth-order valence-electron chi connectivity index (χ4n) is 2.49. The summed E-state index contributed by atoms with van der Waals surface area (Å²) >= 11 is 1.87. The van der Waals surface area contributed by atoms with Crippen molar-refractivity contribution in [1.29, 1.82) is 0 Å². The lowest BCUT2D eigenvalue weighted by atomic mass is 10.0. The van der Waals surface area contributed by atoms with Crippen molar-refractivity contribution < 1.29 is 0 Å². The van der Waals surface area contributed by atoms with Gasteiger partial charge in [-0.1, -0.05) is 13.8 Å². The molecule has 0 aromatic carbocycles. The van der Waals surface area contributed by atoms with Crippen LogP contribution >= 0.6 is 11.3 Å². The molecule has 0 amide bonds. The predicted molar refractivity (Wildman–Crippen MR) is 84.1 cm³/mol. The van der Waals surface area contributed by atoms with Crippen molar-refractivity contribution in [1.82, 2.24) is 10.3 Å². The molecule has 1 fully saturated rings. The van der Waals surface area contributed by atoms with Gasteiger partial charge in [-0.25, -0.2) is 4.98 Å². The van der Waals surface area contributed by atoms with Crippen LogP contribution in [0.25, 0.3) is 0 Å². The highest BCUT2D eigenvalue weighted by Crippen LogP contribution is 2.29. The summed E-state index contributed by atoms with van der Waals surface area (Å²) in [6, 6.07) is 0.583. The Hall–Kier alpha value is -0.610. The van der Waals surface area contributed by atoms with Gasteiger partial charge in [0.25, 0.3) is 0 Å². The number of hydrogen-bond acceptors (Lipinski definition) is 4. The van der Waals surface area contributed by atoms with Crippen LogP contribution in [0, 0.1) is 12.8 Å². The molecule has 4 heteroatoms. The lowest BCUT2D eigenvalue weighted by Crippen LogP contribution is -2.34. The number of anilines is 1. The highest BCUT2D eigenvalue weighted by atomic mass is 32.1. The number of piperidine rings is 1. The summed E-state index contributed by atoms with van der Waals surface area (Å²) in [4.78, 5) is 8.64. The second kappa shape index (κ2) is 6.71. The van der Waals surface area contributed by atoms with Gasteiger partial charge < -0.3 is 10.2 Å². The van der Waals surface area contributed by atoms with Crippen LogP contribution in [0.15, 0.2) is 0 Å². The van der Waals surface area contributed by atoms with Gasteiger partial charge in [0.15, 0.2) is 5.13 Å². The molecule has 0 radical (unpaired) electrons. The topological polar surface area (TPSA) is 28.2 Å². The monoisotopic (exact) mass is 281 g/mol. The molecule has 108 valence electrons. The summed E-state index contributed by atoms with van der Waals surface area (Å²) in [5, 5.41) is 4.79. The fraction of sp³-hybridized carbons (Fsp3) is 0.800. The highest BCUT2D eigenvalue weighted by molar-refractivity contribution is 7.15. The average molecular weight is 281 g/mol. The zero-order chi connectivity index (χ0) is 13.8.